The highest BCUT2D eigenvalue weighted by molar-refractivity contribution is 7.09. The summed E-state index contributed by atoms with van der Waals surface area (Å²) in [6.45, 7) is 4.17. The van der Waals surface area contributed by atoms with E-state index < -0.39 is 0 Å². The van der Waals surface area contributed by atoms with Crippen LogP contribution in [0.25, 0.3) is 0 Å². The fourth-order valence-electron chi connectivity index (χ4n) is 1.87. The first-order valence-corrected chi connectivity index (χ1v) is 5.97. The summed E-state index contributed by atoms with van der Waals surface area (Å²) in [5.41, 5.74) is 0. The van der Waals surface area contributed by atoms with Crippen LogP contribution in [0.2, 0.25) is 0 Å². The largest absolute Gasteiger partial charge is 0.393 e. The van der Waals surface area contributed by atoms with E-state index in [0.29, 0.717) is 6.04 Å². The van der Waals surface area contributed by atoms with Gasteiger partial charge in [-0.05, 0) is 19.8 Å². The molecule has 1 fully saturated rings. The van der Waals surface area contributed by atoms with Crippen molar-refractivity contribution < 1.29 is 5.11 Å². The minimum Gasteiger partial charge on any atom is -0.393 e. The Kier molecular flexibility index (Phi) is 3.15. The van der Waals surface area contributed by atoms with E-state index in [1.807, 2.05) is 11.6 Å². The molecule has 1 saturated heterocycles. The van der Waals surface area contributed by atoms with Gasteiger partial charge in [-0.25, -0.2) is 4.98 Å². The molecule has 1 aliphatic rings. The van der Waals surface area contributed by atoms with E-state index in [4.69, 9.17) is 0 Å². The van der Waals surface area contributed by atoms with Crippen molar-refractivity contribution in [3.8, 4) is 0 Å². The molecule has 3 nitrogen and oxygen atoms in total. The molecule has 1 N–H and O–H groups in total. The second-order valence-electron chi connectivity index (χ2n) is 3.81. The van der Waals surface area contributed by atoms with Crippen LogP contribution in [0.4, 0.5) is 0 Å². The van der Waals surface area contributed by atoms with Gasteiger partial charge in [-0.1, -0.05) is 0 Å². The predicted octanol–water partition coefficient (Wildman–Crippen LogP) is 1.66. The van der Waals surface area contributed by atoms with E-state index in [9.17, 15) is 5.11 Å². The maximum atomic E-state index is 9.40. The summed E-state index contributed by atoms with van der Waals surface area (Å²) in [5, 5.41) is 12.6. The van der Waals surface area contributed by atoms with Crippen LogP contribution in [0.3, 0.4) is 0 Å². The second-order valence-corrected chi connectivity index (χ2v) is 4.74. The molecule has 0 radical (unpaired) electrons. The smallest absolute Gasteiger partial charge is 0.109 e. The van der Waals surface area contributed by atoms with Crippen LogP contribution >= 0.6 is 11.3 Å². The van der Waals surface area contributed by atoms with Gasteiger partial charge in [-0.3, -0.25) is 4.90 Å². The molecule has 0 unspecified atom stereocenters. The van der Waals surface area contributed by atoms with Crippen molar-refractivity contribution in [2.45, 2.75) is 31.9 Å². The number of piperidine rings is 1. The average molecular weight is 212 g/mol. The van der Waals surface area contributed by atoms with E-state index in [-0.39, 0.29) is 6.10 Å². The second kappa shape index (κ2) is 4.38. The molecule has 14 heavy (non-hydrogen) atoms. The molecule has 0 amide bonds. The lowest BCUT2D eigenvalue weighted by atomic mass is 10.1. The van der Waals surface area contributed by atoms with Gasteiger partial charge in [-0.2, -0.15) is 0 Å². The third-order valence-corrected chi connectivity index (χ3v) is 3.80. The highest BCUT2D eigenvalue weighted by atomic mass is 32.1. The third-order valence-electron chi connectivity index (χ3n) is 2.86. The third kappa shape index (κ3) is 2.13. The topological polar surface area (TPSA) is 36.4 Å². The molecular formula is C10H16N2OS. The van der Waals surface area contributed by atoms with Crippen molar-refractivity contribution in [3.63, 3.8) is 0 Å². The summed E-state index contributed by atoms with van der Waals surface area (Å²) < 4.78 is 0. The molecule has 4 heteroatoms. The first-order valence-electron chi connectivity index (χ1n) is 5.09. The maximum absolute atomic E-state index is 9.40. The number of aromatic nitrogens is 1. The van der Waals surface area contributed by atoms with Gasteiger partial charge in [0, 0.05) is 24.7 Å². The van der Waals surface area contributed by atoms with Crippen LogP contribution in [0.5, 0.6) is 0 Å². The van der Waals surface area contributed by atoms with Crippen molar-refractivity contribution in [1.82, 2.24) is 9.88 Å². The monoisotopic (exact) mass is 212 g/mol. The molecule has 0 spiro atoms. The Labute approximate surface area is 88.4 Å². The van der Waals surface area contributed by atoms with Gasteiger partial charge in [-0.15, -0.1) is 11.3 Å². The minimum atomic E-state index is -0.0882. The number of hydrogen-bond donors (Lipinski definition) is 1. The van der Waals surface area contributed by atoms with Gasteiger partial charge < -0.3 is 5.11 Å². The molecule has 1 aromatic heterocycles. The SMILES string of the molecule is C[C@H](c1nccs1)N1CCC(O)CC1. The van der Waals surface area contributed by atoms with Gasteiger partial charge >= 0.3 is 0 Å². The van der Waals surface area contributed by atoms with Crippen molar-refractivity contribution in [3.05, 3.63) is 16.6 Å². The van der Waals surface area contributed by atoms with Crippen LogP contribution in [-0.4, -0.2) is 34.2 Å². The summed E-state index contributed by atoms with van der Waals surface area (Å²) >= 11 is 1.71. The molecule has 0 aliphatic carbocycles. The molecule has 0 aromatic carbocycles. The molecule has 0 bridgehead atoms. The minimum absolute atomic E-state index is 0.0882. The van der Waals surface area contributed by atoms with Crippen LogP contribution in [0.15, 0.2) is 11.6 Å². The van der Waals surface area contributed by atoms with Crippen LogP contribution in [-0.2, 0) is 0 Å². The van der Waals surface area contributed by atoms with Gasteiger partial charge in [0.1, 0.15) is 5.01 Å². The number of aliphatic hydroxyl groups excluding tert-OH is 1. The average Bonchev–Trinajstić information content (AvgIpc) is 2.71. The lowest BCUT2D eigenvalue weighted by Crippen LogP contribution is -2.37. The van der Waals surface area contributed by atoms with Crippen LogP contribution in [0, 0.1) is 0 Å². The summed E-state index contributed by atoms with van der Waals surface area (Å²) in [4.78, 5) is 6.72. The zero-order chi connectivity index (χ0) is 9.97. The van der Waals surface area contributed by atoms with E-state index in [1.165, 1.54) is 5.01 Å². The molecule has 2 rings (SSSR count). The first-order chi connectivity index (χ1) is 6.77. The molecular weight excluding hydrogens is 196 g/mol. The Morgan fingerprint density at radius 3 is 2.86 bits per heavy atom. The summed E-state index contributed by atoms with van der Waals surface area (Å²) in [5.74, 6) is 0. The van der Waals surface area contributed by atoms with Crippen LogP contribution in [0.1, 0.15) is 30.8 Å². The van der Waals surface area contributed by atoms with Crippen molar-refractivity contribution in [1.29, 1.82) is 0 Å². The van der Waals surface area contributed by atoms with E-state index in [0.717, 1.165) is 25.9 Å². The number of nitrogens with zero attached hydrogens (tertiary/aromatic N) is 2. The first kappa shape index (κ1) is 10.1. The fourth-order valence-corrected chi connectivity index (χ4v) is 2.60. The number of rotatable bonds is 2. The molecule has 1 aliphatic heterocycles. The standard InChI is InChI=1S/C10H16N2OS/c1-8(10-11-4-7-14-10)12-5-2-9(13)3-6-12/h4,7-9,13H,2-3,5-6H2,1H3/t8-/m1/s1. The Morgan fingerprint density at radius 1 is 1.57 bits per heavy atom. The van der Waals surface area contributed by atoms with E-state index in [1.54, 1.807) is 11.3 Å². The molecule has 1 aromatic rings. The lowest BCUT2D eigenvalue weighted by molar-refractivity contribution is 0.0644. The number of aliphatic hydroxyl groups is 1. The Balaban J connectivity index is 1.95. The quantitative estimate of drug-likeness (QED) is 0.810. The van der Waals surface area contributed by atoms with Gasteiger partial charge in [0.15, 0.2) is 0 Å². The Morgan fingerprint density at radius 2 is 2.29 bits per heavy atom. The van der Waals surface area contributed by atoms with Crippen molar-refractivity contribution in [2.24, 2.45) is 0 Å². The van der Waals surface area contributed by atoms with E-state index in [2.05, 4.69) is 16.8 Å². The van der Waals surface area contributed by atoms with Gasteiger partial charge in [0.05, 0.1) is 12.1 Å². The summed E-state index contributed by atoms with van der Waals surface area (Å²) in [6.07, 6.45) is 3.57. The molecule has 0 saturated carbocycles. The Bertz CT molecular complexity index is 268. The fraction of sp³-hybridized carbons (Fsp3) is 0.700. The molecule has 1 atom stereocenters. The van der Waals surface area contributed by atoms with E-state index >= 15 is 0 Å². The zero-order valence-corrected chi connectivity index (χ0v) is 9.20. The number of thiazole rings is 1. The Hall–Kier alpha value is -0.450. The zero-order valence-electron chi connectivity index (χ0n) is 8.39. The maximum Gasteiger partial charge on any atom is 0.109 e. The van der Waals surface area contributed by atoms with Gasteiger partial charge in [0.25, 0.3) is 0 Å². The number of hydrogen-bond acceptors (Lipinski definition) is 4. The summed E-state index contributed by atoms with van der Waals surface area (Å²) in [7, 11) is 0. The predicted molar refractivity (Wildman–Crippen MR) is 57.3 cm³/mol. The normalized spacial score (nSPS) is 22.4. The number of likely N-dealkylation sites (tertiary alicyclic amines) is 1. The van der Waals surface area contributed by atoms with Crippen molar-refractivity contribution >= 4 is 11.3 Å². The highest BCUT2D eigenvalue weighted by Crippen LogP contribution is 2.25. The highest BCUT2D eigenvalue weighted by Gasteiger charge is 2.23. The lowest BCUT2D eigenvalue weighted by Gasteiger charge is -2.33. The molecule has 2 heterocycles. The van der Waals surface area contributed by atoms with Crippen LogP contribution < -0.4 is 0 Å². The van der Waals surface area contributed by atoms with Gasteiger partial charge in [0.2, 0.25) is 0 Å². The van der Waals surface area contributed by atoms with Crippen molar-refractivity contribution in [2.75, 3.05) is 13.1 Å². The summed E-state index contributed by atoms with van der Waals surface area (Å²) in [6, 6.07) is 0.405. The molecule has 78 valence electrons.